The minimum absolute atomic E-state index is 0.00337. The van der Waals surface area contributed by atoms with E-state index in [0.717, 1.165) is 44.3 Å². The highest BCUT2D eigenvalue weighted by Gasteiger charge is 2.25. The highest BCUT2D eigenvalue weighted by atomic mass is 32.2. The van der Waals surface area contributed by atoms with Crippen molar-refractivity contribution in [3.8, 4) is 0 Å². The number of aliphatic carboxylic acids is 2. The second-order valence-electron chi connectivity index (χ2n) is 16.2. The maximum absolute atomic E-state index is 12.5. The van der Waals surface area contributed by atoms with Crippen LogP contribution in [0.5, 0.6) is 0 Å². The molecule has 5 amide bonds. The quantitative estimate of drug-likeness (QED) is 0.0434. The van der Waals surface area contributed by atoms with Gasteiger partial charge in [0.15, 0.2) is 5.78 Å². The van der Waals surface area contributed by atoms with E-state index in [1.165, 1.54) is 44.9 Å². The number of carboxylic acid groups (broad SMARTS) is 2. The molecule has 0 aliphatic heterocycles. The first kappa shape index (κ1) is 59.9. The average molecular weight is 974 g/mol. The van der Waals surface area contributed by atoms with Crippen molar-refractivity contribution in [2.45, 2.75) is 173 Å². The van der Waals surface area contributed by atoms with E-state index in [2.05, 4.69) is 46.6 Å². The maximum Gasteiger partial charge on any atom is 0.326 e. The number of rotatable bonds is 44. The third kappa shape index (κ3) is 34.8. The minimum Gasteiger partial charge on any atom is -0.480 e. The van der Waals surface area contributed by atoms with E-state index in [1.54, 1.807) is 6.92 Å². The van der Waals surface area contributed by atoms with Crippen molar-refractivity contribution >= 4 is 57.3 Å². The van der Waals surface area contributed by atoms with Gasteiger partial charge in [0.05, 0.1) is 25.6 Å². The lowest BCUT2D eigenvalue weighted by Crippen LogP contribution is -2.44. The average Bonchev–Trinajstić information content (AvgIpc) is 3.80. The normalized spacial score (nSPS) is 12.1. The molecular weight excluding hydrogens is 899 g/mol. The van der Waals surface area contributed by atoms with Gasteiger partial charge in [-0.25, -0.2) is 23.1 Å². The Balaban J connectivity index is 2.12. The van der Waals surface area contributed by atoms with E-state index in [9.17, 15) is 57.0 Å². The zero-order chi connectivity index (χ0) is 49.5. The number of carboxylic acids is 2. The van der Waals surface area contributed by atoms with Gasteiger partial charge in [-0.1, -0.05) is 77.6 Å². The lowest BCUT2D eigenvalue weighted by molar-refractivity contribution is -0.143. The molecule has 1 aromatic rings. The van der Waals surface area contributed by atoms with Gasteiger partial charge in [0.1, 0.15) is 24.5 Å². The van der Waals surface area contributed by atoms with Gasteiger partial charge in [-0.15, -0.1) is 5.10 Å². The Kier molecular flexibility index (Phi) is 33.9. The molecule has 8 N–H and O–H groups in total. The Bertz CT molecular complexity index is 1720. The van der Waals surface area contributed by atoms with Crippen molar-refractivity contribution in [3.05, 3.63) is 5.82 Å². The first-order valence-corrected chi connectivity index (χ1v) is 25.3. The number of tetrazole rings is 1. The predicted octanol–water partition coefficient (Wildman–Crippen LogP) is 2.15. The van der Waals surface area contributed by atoms with Gasteiger partial charge in [0.25, 0.3) is 0 Å². The van der Waals surface area contributed by atoms with Crippen LogP contribution in [0, 0.1) is 0 Å². The summed E-state index contributed by atoms with van der Waals surface area (Å²) in [6, 6.07) is -2.89. The fourth-order valence-corrected chi connectivity index (χ4v) is 7.60. The Labute approximate surface area is 393 Å². The third-order valence-corrected chi connectivity index (χ3v) is 11.7. The van der Waals surface area contributed by atoms with E-state index >= 15 is 0 Å². The second kappa shape index (κ2) is 37.9. The molecule has 1 heterocycles. The molecule has 0 saturated heterocycles. The Morgan fingerprint density at radius 2 is 1.07 bits per heavy atom. The standard InChI is InChI=1S/C43H75N9O14S/c1-2-33(53)32-66-30-29-65-28-27-45-38(55)24-22-34(42(59)60)47-40(57)25-23-35(43(61)62)46-39(56)20-16-26-44-37(54)21-17-31-67(63,64)50-41(58)19-15-13-11-9-7-5-3-4-6-8-10-12-14-18-36-48-51-52-49-36/h34-35H,2-32H2,1H3,(H,44,54)(H,45,55)(H,46,56)(H,47,57)(H,50,58)(H,59,60)(H,61,62)(H,48,49,51,52)/t34-,35-/m0/s1. The number of amides is 5. The molecule has 0 spiro atoms. The second-order valence-corrected chi connectivity index (χ2v) is 18.1. The summed E-state index contributed by atoms with van der Waals surface area (Å²) in [5.74, 6) is -5.42. The van der Waals surface area contributed by atoms with Gasteiger partial charge in [-0.05, 0) is 49.0 Å². The first-order chi connectivity index (χ1) is 32.1. The monoisotopic (exact) mass is 974 g/mol. The number of unbranched alkanes of at least 4 members (excludes halogenated alkanes) is 12. The van der Waals surface area contributed by atoms with Gasteiger partial charge >= 0.3 is 11.9 Å². The van der Waals surface area contributed by atoms with Crippen molar-refractivity contribution in [3.63, 3.8) is 0 Å². The number of sulfonamides is 1. The van der Waals surface area contributed by atoms with Crippen LogP contribution in [0.3, 0.4) is 0 Å². The number of aromatic amines is 1. The number of hydrogen-bond donors (Lipinski definition) is 8. The molecular formula is C43H75N9O14S. The highest BCUT2D eigenvalue weighted by Crippen LogP contribution is 2.14. The van der Waals surface area contributed by atoms with Crippen LogP contribution < -0.4 is 26.0 Å². The number of ether oxygens (including phenoxy) is 2. The van der Waals surface area contributed by atoms with Crippen molar-refractivity contribution < 1.29 is 66.5 Å². The van der Waals surface area contributed by atoms with Crippen LogP contribution in [0.1, 0.15) is 160 Å². The number of hydrogen-bond acceptors (Lipinski definition) is 15. The lowest BCUT2D eigenvalue weighted by atomic mass is 10.0. The molecule has 0 aromatic carbocycles. The topological polar surface area (TPSA) is 344 Å². The van der Waals surface area contributed by atoms with Gasteiger partial charge in [-0.2, -0.15) is 0 Å². The maximum atomic E-state index is 12.5. The summed E-state index contributed by atoms with van der Waals surface area (Å²) in [6.45, 7) is 2.50. The van der Waals surface area contributed by atoms with Crippen molar-refractivity contribution in [2.24, 2.45) is 0 Å². The molecule has 23 nitrogen and oxygen atoms in total. The van der Waals surface area contributed by atoms with Crippen LogP contribution in [0.15, 0.2) is 0 Å². The molecule has 67 heavy (non-hydrogen) atoms. The lowest BCUT2D eigenvalue weighted by Gasteiger charge is -2.17. The Morgan fingerprint density at radius 1 is 0.582 bits per heavy atom. The summed E-state index contributed by atoms with van der Waals surface area (Å²) >= 11 is 0. The number of ketones is 1. The van der Waals surface area contributed by atoms with Crippen LogP contribution in [-0.4, -0.2) is 144 Å². The number of nitrogens with zero attached hydrogens (tertiary/aromatic N) is 3. The molecule has 24 heteroatoms. The molecule has 0 aliphatic carbocycles. The van der Waals surface area contributed by atoms with E-state index in [0.29, 0.717) is 12.8 Å². The number of H-pyrrole nitrogens is 1. The van der Waals surface area contributed by atoms with Crippen LogP contribution in [-0.2, 0) is 64.3 Å². The first-order valence-electron chi connectivity index (χ1n) is 23.6. The summed E-state index contributed by atoms with van der Waals surface area (Å²) in [5.41, 5.74) is 0. The van der Waals surface area contributed by atoms with E-state index < -0.39 is 75.8 Å². The summed E-state index contributed by atoms with van der Waals surface area (Å²) in [4.78, 5) is 96.0. The Hall–Kier alpha value is -5.10. The highest BCUT2D eigenvalue weighted by molar-refractivity contribution is 7.90. The zero-order valence-corrected chi connectivity index (χ0v) is 39.9. The molecule has 0 aliphatic rings. The zero-order valence-electron chi connectivity index (χ0n) is 39.1. The molecule has 2 atom stereocenters. The third-order valence-electron chi connectivity index (χ3n) is 10.4. The summed E-state index contributed by atoms with van der Waals surface area (Å²) in [6.07, 6.45) is 14.1. The largest absolute Gasteiger partial charge is 0.480 e. The summed E-state index contributed by atoms with van der Waals surface area (Å²) < 4.78 is 37.2. The fraction of sp³-hybridized carbons (Fsp3) is 0.791. The van der Waals surface area contributed by atoms with Gasteiger partial charge in [-0.3, -0.25) is 33.5 Å². The van der Waals surface area contributed by atoms with Crippen molar-refractivity contribution in [1.82, 2.24) is 46.6 Å². The molecule has 1 rings (SSSR count). The number of carbonyl (C=O) groups excluding carboxylic acids is 6. The van der Waals surface area contributed by atoms with Crippen molar-refractivity contribution in [1.29, 1.82) is 0 Å². The minimum atomic E-state index is -3.91. The number of aryl methyl sites for hydroxylation is 1. The molecule has 382 valence electrons. The van der Waals surface area contributed by atoms with Crippen molar-refractivity contribution in [2.75, 3.05) is 45.3 Å². The van der Waals surface area contributed by atoms with Crippen LogP contribution in [0.2, 0.25) is 0 Å². The smallest absolute Gasteiger partial charge is 0.326 e. The van der Waals surface area contributed by atoms with Crippen LogP contribution >= 0.6 is 0 Å². The fourth-order valence-electron chi connectivity index (χ4n) is 6.53. The molecule has 0 saturated carbocycles. The van der Waals surface area contributed by atoms with Gasteiger partial charge in [0, 0.05) is 58.0 Å². The van der Waals surface area contributed by atoms with Gasteiger partial charge < -0.3 is 41.0 Å². The molecule has 0 radical (unpaired) electrons. The Morgan fingerprint density at radius 3 is 1.64 bits per heavy atom. The summed E-state index contributed by atoms with van der Waals surface area (Å²) in [5, 5.41) is 42.5. The number of nitrogens with one attached hydrogen (secondary N) is 6. The van der Waals surface area contributed by atoms with E-state index in [4.69, 9.17) is 9.47 Å². The van der Waals surface area contributed by atoms with Crippen LogP contribution in [0.25, 0.3) is 0 Å². The molecule has 0 bridgehead atoms. The molecule has 0 unspecified atom stereocenters. The predicted molar refractivity (Wildman–Crippen MR) is 243 cm³/mol. The van der Waals surface area contributed by atoms with Crippen LogP contribution in [0.4, 0.5) is 0 Å². The van der Waals surface area contributed by atoms with E-state index in [-0.39, 0.29) is 96.7 Å². The SMILES string of the molecule is CCC(=O)COCCOCCNC(=O)CC[C@H](NC(=O)CC[C@H](NC(=O)CCCNC(=O)CCCS(=O)(=O)NC(=O)CCCCCCCCCCCCCCCc1nnn[nH]1)C(=O)O)C(=O)O. The molecule has 0 fully saturated rings. The van der Waals surface area contributed by atoms with Gasteiger partial charge in [0.2, 0.25) is 39.6 Å². The molecule has 1 aromatic heterocycles. The number of carbonyl (C=O) groups is 8. The number of Topliss-reactive ketones (excluding diaryl/α,β-unsaturated/α-hetero) is 1. The summed E-state index contributed by atoms with van der Waals surface area (Å²) in [7, 11) is -3.91. The number of aromatic nitrogens is 4. The van der Waals surface area contributed by atoms with E-state index in [1.807, 2.05) is 0 Å².